The van der Waals surface area contributed by atoms with Gasteiger partial charge in [0.15, 0.2) is 0 Å². The van der Waals surface area contributed by atoms with Crippen molar-refractivity contribution >= 4 is 11.9 Å². The molecule has 98 valence electrons. The predicted molar refractivity (Wildman–Crippen MR) is 64.6 cm³/mol. The third-order valence-corrected chi connectivity index (χ3v) is 3.46. The minimum Gasteiger partial charge on any atom is -0.481 e. The molecule has 2 atom stereocenters. The number of hydrogen-bond donors (Lipinski definition) is 3. The summed E-state index contributed by atoms with van der Waals surface area (Å²) in [5.74, 6) is -1.91. The zero-order chi connectivity index (χ0) is 13.1. The average molecular weight is 242 g/mol. The zero-order valence-electron chi connectivity index (χ0n) is 10.7. The molecule has 0 aromatic heterocycles. The molecule has 1 rings (SSSR count). The standard InChI is InChI=1S/C12H22N2O3/c1-4-13-6-5-7-14-10(15)8-9(11(16)17)12(8,2)3/h8-9,13H,4-7H2,1-3H3,(H,14,15)(H,16,17)/t8-,9+/m1/s1. The average Bonchev–Trinajstić information content (AvgIpc) is 2.81. The first-order chi connectivity index (χ1) is 7.92. The molecule has 5 heteroatoms. The number of carbonyl (C=O) groups is 2. The Hall–Kier alpha value is -1.10. The largest absolute Gasteiger partial charge is 0.481 e. The van der Waals surface area contributed by atoms with Gasteiger partial charge in [-0.05, 0) is 24.9 Å². The summed E-state index contributed by atoms with van der Waals surface area (Å²) in [6.45, 7) is 8.08. The number of hydrogen-bond acceptors (Lipinski definition) is 3. The van der Waals surface area contributed by atoms with Crippen molar-refractivity contribution in [2.24, 2.45) is 17.3 Å². The van der Waals surface area contributed by atoms with Crippen LogP contribution in [0.3, 0.4) is 0 Å². The Morgan fingerprint density at radius 1 is 1.24 bits per heavy atom. The van der Waals surface area contributed by atoms with Crippen molar-refractivity contribution < 1.29 is 14.7 Å². The lowest BCUT2D eigenvalue weighted by Crippen LogP contribution is -2.30. The summed E-state index contributed by atoms with van der Waals surface area (Å²) in [5.41, 5.74) is -0.405. The van der Waals surface area contributed by atoms with Crippen molar-refractivity contribution in [2.75, 3.05) is 19.6 Å². The summed E-state index contributed by atoms with van der Waals surface area (Å²) >= 11 is 0. The molecule has 3 N–H and O–H groups in total. The van der Waals surface area contributed by atoms with E-state index in [-0.39, 0.29) is 11.8 Å². The van der Waals surface area contributed by atoms with Crippen LogP contribution in [0.1, 0.15) is 27.2 Å². The number of carbonyl (C=O) groups excluding carboxylic acids is 1. The van der Waals surface area contributed by atoms with Gasteiger partial charge in [0.1, 0.15) is 0 Å². The van der Waals surface area contributed by atoms with Crippen LogP contribution in [0, 0.1) is 17.3 Å². The topological polar surface area (TPSA) is 78.4 Å². The van der Waals surface area contributed by atoms with Crippen molar-refractivity contribution in [1.29, 1.82) is 0 Å². The number of carboxylic acid groups (broad SMARTS) is 1. The summed E-state index contributed by atoms with van der Waals surface area (Å²) < 4.78 is 0. The van der Waals surface area contributed by atoms with Gasteiger partial charge in [-0.3, -0.25) is 9.59 Å². The van der Waals surface area contributed by atoms with E-state index in [2.05, 4.69) is 10.6 Å². The lowest BCUT2D eigenvalue weighted by atomic mass is 10.1. The molecule has 1 saturated carbocycles. The fourth-order valence-electron chi connectivity index (χ4n) is 2.30. The van der Waals surface area contributed by atoms with E-state index in [0.29, 0.717) is 6.54 Å². The number of aliphatic carboxylic acids is 1. The molecule has 1 amide bonds. The van der Waals surface area contributed by atoms with Crippen LogP contribution in [0.2, 0.25) is 0 Å². The Bertz CT molecular complexity index is 302. The van der Waals surface area contributed by atoms with Gasteiger partial charge in [0.05, 0.1) is 11.8 Å². The molecule has 1 aliphatic carbocycles. The molecular weight excluding hydrogens is 220 g/mol. The maximum absolute atomic E-state index is 11.8. The highest BCUT2D eigenvalue weighted by Crippen LogP contribution is 2.58. The Labute approximate surface area is 102 Å². The molecular formula is C12H22N2O3. The van der Waals surface area contributed by atoms with Crippen molar-refractivity contribution in [2.45, 2.75) is 27.2 Å². The van der Waals surface area contributed by atoms with Gasteiger partial charge in [0.25, 0.3) is 0 Å². The minimum absolute atomic E-state index is 0.126. The van der Waals surface area contributed by atoms with E-state index in [1.165, 1.54) is 0 Å². The second-order valence-electron chi connectivity index (χ2n) is 5.11. The van der Waals surface area contributed by atoms with Gasteiger partial charge in [-0.25, -0.2) is 0 Å². The van der Waals surface area contributed by atoms with E-state index in [1.807, 2.05) is 20.8 Å². The summed E-state index contributed by atoms with van der Waals surface area (Å²) in [6.07, 6.45) is 0.866. The second kappa shape index (κ2) is 5.49. The Morgan fingerprint density at radius 2 is 1.88 bits per heavy atom. The number of rotatable bonds is 7. The first-order valence-corrected chi connectivity index (χ1v) is 6.14. The van der Waals surface area contributed by atoms with Crippen molar-refractivity contribution in [1.82, 2.24) is 10.6 Å². The summed E-state index contributed by atoms with van der Waals surface area (Å²) in [6, 6.07) is 0. The van der Waals surface area contributed by atoms with Crippen LogP contribution in [0.5, 0.6) is 0 Å². The van der Waals surface area contributed by atoms with Crippen LogP contribution in [0.15, 0.2) is 0 Å². The van der Waals surface area contributed by atoms with Crippen molar-refractivity contribution in [3.63, 3.8) is 0 Å². The highest BCUT2D eigenvalue weighted by molar-refractivity contribution is 5.91. The van der Waals surface area contributed by atoms with Crippen LogP contribution in [0.25, 0.3) is 0 Å². The number of amides is 1. The summed E-state index contributed by atoms with van der Waals surface area (Å²) in [5, 5.41) is 14.9. The Balaban J connectivity index is 2.28. The molecule has 0 heterocycles. The molecule has 0 bridgehead atoms. The lowest BCUT2D eigenvalue weighted by Gasteiger charge is -2.06. The van der Waals surface area contributed by atoms with Crippen LogP contribution in [-0.2, 0) is 9.59 Å². The molecule has 17 heavy (non-hydrogen) atoms. The van der Waals surface area contributed by atoms with E-state index >= 15 is 0 Å². The maximum atomic E-state index is 11.8. The third kappa shape index (κ3) is 3.19. The summed E-state index contributed by atoms with van der Waals surface area (Å²) in [7, 11) is 0. The van der Waals surface area contributed by atoms with E-state index < -0.39 is 17.3 Å². The SMILES string of the molecule is CCNCCCNC(=O)[C@H]1[C@@H](C(=O)O)C1(C)C. The fraction of sp³-hybridized carbons (Fsp3) is 0.833. The van der Waals surface area contributed by atoms with E-state index in [1.54, 1.807) is 0 Å². The molecule has 0 unspecified atom stereocenters. The van der Waals surface area contributed by atoms with Gasteiger partial charge in [-0.1, -0.05) is 20.8 Å². The highest BCUT2D eigenvalue weighted by Gasteiger charge is 2.65. The van der Waals surface area contributed by atoms with E-state index in [0.717, 1.165) is 19.5 Å². The smallest absolute Gasteiger partial charge is 0.307 e. The minimum atomic E-state index is -0.872. The molecule has 0 saturated heterocycles. The van der Waals surface area contributed by atoms with Crippen molar-refractivity contribution in [3.05, 3.63) is 0 Å². The van der Waals surface area contributed by atoms with Gasteiger partial charge in [0.2, 0.25) is 5.91 Å². The maximum Gasteiger partial charge on any atom is 0.307 e. The van der Waals surface area contributed by atoms with E-state index in [4.69, 9.17) is 5.11 Å². The van der Waals surface area contributed by atoms with Gasteiger partial charge < -0.3 is 15.7 Å². The second-order valence-corrected chi connectivity index (χ2v) is 5.11. The summed E-state index contributed by atoms with van der Waals surface area (Å²) in [4.78, 5) is 22.7. The van der Waals surface area contributed by atoms with Gasteiger partial charge in [0, 0.05) is 6.54 Å². The highest BCUT2D eigenvalue weighted by atomic mass is 16.4. The molecule has 5 nitrogen and oxygen atoms in total. The van der Waals surface area contributed by atoms with E-state index in [9.17, 15) is 9.59 Å². The first-order valence-electron chi connectivity index (χ1n) is 6.14. The number of nitrogens with one attached hydrogen (secondary N) is 2. The van der Waals surface area contributed by atoms with Gasteiger partial charge in [-0.15, -0.1) is 0 Å². The van der Waals surface area contributed by atoms with Crippen LogP contribution < -0.4 is 10.6 Å². The van der Waals surface area contributed by atoms with Gasteiger partial charge >= 0.3 is 5.97 Å². The molecule has 0 aromatic rings. The molecule has 0 radical (unpaired) electrons. The molecule has 1 fully saturated rings. The predicted octanol–water partition coefficient (Wildman–Crippen LogP) is 0.459. The van der Waals surface area contributed by atoms with Crippen LogP contribution in [-0.4, -0.2) is 36.6 Å². The fourth-order valence-corrected chi connectivity index (χ4v) is 2.30. The number of carboxylic acids is 1. The Morgan fingerprint density at radius 3 is 2.35 bits per heavy atom. The molecule has 1 aliphatic rings. The first kappa shape index (κ1) is 14.0. The monoisotopic (exact) mass is 242 g/mol. The normalized spacial score (nSPS) is 25.4. The molecule has 0 spiro atoms. The van der Waals surface area contributed by atoms with Crippen molar-refractivity contribution in [3.8, 4) is 0 Å². The van der Waals surface area contributed by atoms with Crippen LogP contribution >= 0.6 is 0 Å². The molecule has 0 aromatic carbocycles. The van der Waals surface area contributed by atoms with Crippen LogP contribution in [0.4, 0.5) is 0 Å². The third-order valence-electron chi connectivity index (χ3n) is 3.46. The quantitative estimate of drug-likeness (QED) is 0.567. The van der Waals surface area contributed by atoms with Gasteiger partial charge in [-0.2, -0.15) is 0 Å². The zero-order valence-corrected chi connectivity index (χ0v) is 10.7. The molecule has 0 aliphatic heterocycles. The Kier molecular flexibility index (Phi) is 4.51. The lowest BCUT2D eigenvalue weighted by molar-refractivity contribution is -0.140.